The van der Waals surface area contributed by atoms with Crippen LogP contribution in [-0.2, 0) is 26.0 Å². The Labute approximate surface area is 186 Å². The topological polar surface area (TPSA) is 107 Å². The lowest BCUT2D eigenvalue weighted by Gasteiger charge is -2.26. The average molecular weight is 496 g/mol. The molecule has 2 saturated carbocycles. The van der Waals surface area contributed by atoms with E-state index in [1.807, 2.05) is 0 Å². The number of halogens is 5. The third-order valence-electron chi connectivity index (χ3n) is 5.95. The second-order valence-corrected chi connectivity index (χ2v) is 9.59. The van der Waals surface area contributed by atoms with E-state index in [-0.39, 0.29) is 29.5 Å². The van der Waals surface area contributed by atoms with Crippen LogP contribution in [0.15, 0.2) is 18.2 Å². The van der Waals surface area contributed by atoms with E-state index in [9.17, 15) is 40.0 Å². The average Bonchev–Trinajstić information content (AvgIpc) is 3.33. The lowest BCUT2D eigenvalue weighted by Crippen LogP contribution is -2.52. The molecular weight excluding hydrogens is 478 g/mol. The molecule has 1 aromatic rings. The van der Waals surface area contributed by atoms with Gasteiger partial charge in [-0.25, -0.2) is 4.79 Å². The molecule has 2 aliphatic rings. The van der Waals surface area contributed by atoms with Crippen LogP contribution in [0.1, 0.15) is 41.6 Å². The molecule has 1 N–H and O–H groups in total. The number of carbonyl (C=O) groups is 2. The highest BCUT2D eigenvalue weighted by molar-refractivity contribution is 7.86. The number of esters is 2. The molecule has 3 rings (SSSR count). The van der Waals surface area contributed by atoms with Gasteiger partial charge in [-0.15, -0.1) is 0 Å². The minimum absolute atomic E-state index is 0.146. The van der Waals surface area contributed by atoms with E-state index in [1.54, 1.807) is 0 Å². The van der Waals surface area contributed by atoms with Crippen molar-refractivity contribution in [1.29, 1.82) is 0 Å². The molecule has 2 aliphatic carbocycles. The van der Waals surface area contributed by atoms with Gasteiger partial charge in [-0.05, 0) is 48.8 Å². The highest BCUT2D eigenvalue weighted by Gasteiger charge is 2.66. The molecule has 0 heterocycles. The van der Waals surface area contributed by atoms with Crippen molar-refractivity contribution in [3.8, 4) is 5.75 Å². The predicted molar refractivity (Wildman–Crippen MR) is 102 cm³/mol. The first-order valence-electron chi connectivity index (χ1n) is 9.82. The number of carbonyl (C=O) groups excluding carboxylic acids is 2. The molecule has 0 spiro atoms. The maximum Gasteiger partial charge on any atom is 0.432 e. The molecule has 0 amide bonds. The van der Waals surface area contributed by atoms with Crippen molar-refractivity contribution in [3.05, 3.63) is 29.3 Å². The van der Waals surface area contributed by atoms with Crippen LogP contribution in [0.2, 0.25) is 0 Å². The zero-order chi connectivity index (χ0) is 24.8. The van der Waals surface area contributed by atoms with Crippen molar-refractivity contribution in [2.75, 3.05) is 0 Å². The first kappa shape index (κ1) is 25.4. The van der Waals surface area contributed by atoms with Crippen molar-refractivity contribution in [2.45, 2.75) is 49.5 Å². The van der Waals surface area contributed by atoms with Crippen molar-refractivity contribution in [2.24, 2.45) is 17.8 Å². The summed E-state index contributed by atoms with van der Waals surface area (Å²) in [6, 6.07) is 2.82. The highest BCUT2D eigenvalue weighted by Crippen LogP contribution is 2.48. The molecule has 0 saturated heterocycles. The lowest BCUT2D eigenvalue weighted by atomic mass is 9.89. The minimum Gasteiger partial charge on any atom is -0.441 e. The lowest BCUT2D eigenvalue weighted by molar-refractivity contribution is -0.248. The molecular formula is C19H18BF5O7S. The summed E-state index contributed by atoms with van der Waals surface area (Å²) < 4.78 is 105. The van der Waals surface area contributed by atoms with Crippen LogP contribution in [-0.4, -0.2) is 50.3 Å². The van der Waals surface area contributed by atoms with Gasteiger partial charge in [-0.1, -0.05) is 18.8 Å². The molecule has 2 bridgehead atoms. The third kappa shape index (κ3) is 5.16. The molecule has 4 atom stereocenters. The maximum atomic E-state index is 13.7. The fraction of sp³-hybridized carbons (Fsp3) is 0.579. The van der Waals surface area contributed by atoms with Gasteiger partial charge in [0, 0.05) is 0 Å². The summed E-state index contributed by atoms with van der Waals surface area (Å²) in [4.78, 5) is 24.8. The van der Waals surface area contributed by atoms with E-state index in [0.29, 0.717) is 12.3 Å². The summed E-state index contributed by atoms with van der Waals surface area (Å²) in [6.45, 7) is 0. The zero-order valence-corrected chi connectivity index (χ0v) is 17.7. The van der Waals surface area contributed by atoms with Gasteiger partial charge >= 0.3 is 33.5 Å². The summed E-state index contributed by atoms with van der Waals surface area (Å²) in [6.07, 6.45) is -7.32. The number of ether oxygens (including phenoxy) is 2. The van der Waals surface area contributed by atoms with Crippen LogP contribution < -0.4 is 4.74 Å². The van der Waals surface area contributed by atoms with Gasteiger partial charge < -0.3 is 9.47 Å². The Hall–Kier alpha value is -2.22. The number of hydrogen-bond donors (Lipinski definition) is 1. The van der Waals surface area contributed by atoms with Gasteiger partial charge in [0.15, 0.2) is 0 Å². The van der Waals surface area contributed by atoms with Crippen LogP contribution in [0.25, 0.3) is 0 Å². The Kier molecular flexibility index (Phi) is 6.82. The molecule has 7 nitrogen and oxygen atoms in total. The molecule has 180 valence electrons. The number of fused-ring (bicyclic) bond motifs is 2. The molecule has 0 aliphatic heterocycles. The molecule has 33 heavy (non-hydrogen) atoms. The maximum absolute atomic E-state index is 13.7. The summed E-state index contributed by atoms with van der Waals surface area (Å²) >= 11 is 0. The molecule has 1 aromatic carbocycles. The Morgan fingerprint density at radius 1 is 1.15 bits per heavy atom. The summed E-state index contributed by atoms with van der Waals surface area (Å²) in [5.74, 6) is -2.67. The third-order valence-corrected chi connectivity index (χ3v) is 6.85. The van der Waals surface area contributed by atoms with Crippen LogP contribution >= 0.6 is 0 Å². The number of rotatable bonds is 7. The first-order chi connectivity index (χ1) is 15.1. The number of benzene rings is 1. The van der Waals surface area contributed by atoms with Crippen LogP contribution in [0.3, 0.4) is 0 Å². The quantitative estimate of drug-likeness (QED) is 0.203. The van der Waals surface area contributed by atoms with Crippen LogP contribution in [0, 0.1) is 17.8 Å². The molecule has 2 radical (unpaired) electrons. The van der Waals surface area contributed by atoms with Gasteiger partial charge in [-0.2, -0.15) is 30.4 Å². The fourth-order valence-corrected chi connectivity index (χ4v) is 4.75. The van der Waals surface area contributed by atoms with Gasteiger partial charge in [0.2, 0.25) is 0 Å². The smallest absolute Gasteiger partial charge is 0.432 e. The number of hydrogen-bond acceptors (Lipinski definition) is 6. The Bertz CT molecular complexity index is 1040. The fourth-order valence-electron chi connectivity index (χ4n) is 4.30. The minimum atomic E-state index is -6.58. The molecule has 0 aromatic heterocycles. The van der Waals surface area contributed by atoms with E-state index in [0.717, 1.165) is 37.5 Å². The predicted octanol–water partition coefficient (Wildman–Crippen LogP) is 3.27. The van der Waals surface area contributed by atoms with Gasteiger partial charge in [0.05, 0.1) is 19.3 Å². The van der Waals surface area contributed by atoms with Gasteiger partial charge in [0.1, 0.15) is 5.75 Å². The monoisotopic (exact) mass is 496 g/mol. The SMILES string of the molecule is [B]Cc1ccc(C(=O)OC(C(F)(F)F)C(F)(F)S(=O)(=O)O)cc1OC(=O)C1CC2CCC1C2. The summed E-state index contributed by atoms with van der Waals surface area (Å²) in [7, 11) is -1.02. The largest absolute Gasteiger partial charge is 0.441 e. The Morgan fingerprint density at radius 3 is 2.30 bits per heavy atom. The molecule has 14 heteroatoms. The van der Waals surface area contributed by atoms with E-state index >= 15 is 0 Å². The number of alkyl halides is 5. The molecule has 2 fully saturated rings. The van der Waals surface area contributed by atoms with E-state index in [2.05, 4.69) is 4.74 Å². The highest BCUT2D eigenvalue weighted by atomic mass is 32.2. The second-order valence-electron chi connectivity index (χ2n) is 8.09. The van der Waals surface area contributed by atoms with E-state index in [4.69, 9.17) is 17.1 Å². The first-order valence-corrected chi connectivity index (χ1v) is 11.3. The van der Waals surface area contributed by atoms with Gasteiger partial charge in [0.25, 0.3) is 6.10 Å². The van der Waals surface area contributed by atoms with Crippen molar-refractivity contribution in [3.63, 3.8) is 0 Å². The van der Waals surface area contributed by atoms with Crippen LogP contribution in [0.4, 0.5) is 22.0 Å². The van der Waals surface area contributed by atoms with Crippen molar-refractivity contribution < 1.29 is 54.0 Å². The van der Waals surface area contributed by atoms with E-state index in [1.165, 1.54) is 0 Å². The zero-order valence-electron chi connectivity index (χ0n) is 16.8. The summed E-state index contributed by atoms with van der Waals surface area (Å²) in [5, 5.41) is -5.87. The van der Waals surface area contributed by atoms with Gasteiger partial charge in [-0.3, -0.25) is 9.35 Å². The standard InChI is InChI=1S/C19H18BF5O7S/c20-8-12-4-3-11(7-14(12)31-16(27)13-6-9-1-2-10(13)5-9)15(26)32-17(18(21,22)23)19(24,25)33(28,29)30/h3-4,7,9-10,13,17H,1-2,5-6,8H2,(H,28,29,30). The normalized spacial score (nSPS) is 23.9. The Balaban J connectivity index is 1.83. The second kappa shape index (κ2) is 8.86. The Morgan fingerprint density at radius 2 is 1.82 bits per heavy atom. The van der Waals surface area contributed by atoms with Crippen molar-refractivity contribution in [1.82, 2.24) is 0 Å². The molecule has 4 unspecified atom stereocenters. The summed E-state index contributed by atoms with van der Waals surface area (Å²) in [5.41, 5.74) is -0.526. The van der Waals surface area contributed by atoms with Crippen LogP contribution in [0.5, 0.6) is 5.75 Å². The van der Waals surface area contributed by atoms with E-state index < -0.39 is 45.2 Å². The van der Waals surface area contributed by atoms with Crippen molar-refractivity contribution >= 4 is 29.9 Å².